The van der Waals surface area contributed by atoms with E-state index in [1.165, 1.54) is 39.5 Å². The van der Waals surface area contributed by atoms with Crippen LogP contribution < -0.4 is 14.2 Å². The molecule has 0 radical (unpaired) electrons. The molecule has 0 aliphatic heterocycles. The van der Waals surface area contributed by atoms with Gasteiger partial charge in [0.1, 0.15) is 27.8 Å². The van der Waals surface area contributed by atoms with Crippen LogP contribution in [0, 0.1) is 0 Å². The lowest BCUT2D eigenvalue weighted by Crippen LogP contribution is -2.38. The van der Waals surface area contributed by atoms with Crippen molar-refractivity contribution in [2.24, 2.45) is 0 Å². The Hall–Kier alpha value is -2.03. The lowest BCUT2D eigenvalue weighted by molar-refractivity contribution is 0.0395. The van der Waals surface area contributed by atoms with Gasteiger partial charge in [0.2, 0.25) is 10.0 Å². The standard InChI is InChI=1S/C15H19NO6S/c1-15(17,14-5-4-8-22-14)10-16-23(18,19)13-9-11(20-2)6-7-12(13)21-3/h4-9,16-17H,10H2,1-3H3. The molecule has 1 heterocycles. The minimum Gasteiger partial charge on any atom is -0.497 e. The number of rotatable bonds is 7. The summed E-state index contributed by atoms with van der Waals surface area (Å²) in [4.78, 5) is -0.0744. The highest BCUT2D eigenvalue weighted by atomic mass is 32.2. The minimum absolute atomic E-state index is 0.0744. The molecule has 1 atom stereocenters. The molecule has 0 spiro atoms. The maximum atomic E-state index is 12.5. The zero-order valence-electron chi connectivity index (χ0n) is 13.1. The van der Waals surface area contributed by atoms with Crippen molar-refractivity contribution in [3.8, 4) is 11.5 Å². The van der Waals surface area contributed by atoms with Crippen LogP contribution in [0.4, 0.5) is 0 Å². The van der Waals surface area contributed by atoms with Crippen molar-refractivity contribution in [3.63, 3.8) is 0 Å². The summed E-state index contributed by atoms with van der Waals surface area (Å²) in [6.45, 7) is 1.19. The van der Waals surface area contributed by atoms with Crippen LogP contribution in [0.1, 0.15) is 12.7 Å². The number of furan rings is 1. The Morgan fingerprint density at radius 1 is 1.26 bits per heavy atom. The van der Waals surface area contributed by atoms with Crippen molar-refractivity contribution in [2.75, 3.05) is 20.8 Å². The highest BCUT2D eigenvalue weighted by Gasteiger charge is 2.30. The van der Waals surface area contributed by atoms with E-state index in [4.69, 9.17) is 13.9 Å². The molecule has 0 saturated carbocycles. The van der Waals surface area contributed by atoms with Gasteiger partial charge in [-0.2, -0.15) is 0 Å². The third-order valence-corrected chi connectivity index (χ3v) is 4.74. The Morgan fingerprint density at radius 3 is 2.57 bits per heavy atom. The number of hydrogen-bond acceptors (Lipinski definition) is 6. The van der Waals surface area contributed by atoms with Gasteiger partial charge < -0.3 is 19.0 Å². The van der Waals surface area contributed by atoms with Crippen molar-refractivity contribution >= 4 is 10.0 Å². The van der Waals surface area contributed by atoms with Gasteiger partial charge >= 0.3 is 0 Å². The van der Waals surface area contributed by atoms with Gasteiger partial charge in [-0.15, -0.1) is 0 Å². The molecule has 0 aliphatic carbocycles. The monoisotopic (exact) mass is 341 g/mol. The average molecular weight is 341 g/mol. The summed E-state index contributed by atoms with van der Waals surface area (Å²) in [5, 5.41) is 10.3. The summed E-state index contributed by atoms with van der Waals surface area (Å²) in [5.74, 6) is 0.817. The van der Waals surface area contributed by atoms with Gasteiger partial charge in [0.05, 0.1) is 20.5 Å². The van der Waals surface area contributed by atoms with Gasteiger partial charge in [-0.05, 0) is 31.2 Å². The van der Waals surface area contributed by atoms with Gasteiger partial charge in [-0.1, -0.05) is 0 Å². The van der Waals surface area contributed by atoms with Gasteiger partial charge in [0.25, 0.3) is 0 Å². The Kier molecular flexibility index (Phi) is 4.98. The number of hydrogen-bond donors (Lipinski definition) is 2. The fourth-order valence-corrected chi connectivity index (χ4v) is 3.29. The second-order valence-corrected chi connectivity index (χ2v) is 6.83. The highest BCUT2D eigenvalue weighted by molar-refractivity contribution is 7.89. The molecule has 2 N–H and O–H groups in total. The fraction of sp³-hybridized carbons (Fsp3) is 0.333. The minimum atomic E-state index is -3.92. The first-order valence-corrected chi connectivity index (χ1v) is 8.26. The first-order chi connectivity index (χ1) is 10.8. The lowest BCUT2D eigenvalue weighted by atomic mass is 10.1. The summed E-state index contributed by atoms with van der Waals surface area (Å²) in [6.07, 6.45) is 1.41. The first kappa shape index (κ1) is 17.3. The fourth-order valence-electron chi connectivity index (χ4n) is 1.98. The molecular weight excluding hydrogens is 322 g/mol. The van der Waals surface area contributed by atoms with Crippen LogP contribution >= 0.6 is 0 Å². The summed E-state index contributed by atoms with van der Waals surface area (Å²) in [7, 11) is -1.10. The number of methoxy groups -OCH3 is 2. The predicted molar refractivity (Wildman–Crippen MR) is 83.0 cm³/mol. The van der Waals surface area contributed by atoms with Crippen LogP contribution in [-0.4, -0.2) is 34.3 Å². The van der Waals surface area contributed by atoms with Crippen LogP contribution in [-0.2, 0) is 15.6 Å². The van der Waals surface area contributed by atoms with Crippen molar-refractivity contribution in [3.05, 3.63) is 42.4 Å². The first-order valence-electron chi connectivity index (χ1n) is 6.78. The molecule has 7 nitrogen and oxygen atoms in total. The van der Waals surface area contributed by atoms with E-state index in [-0.39, 0.29) is 22.9 Å². The highest BCUT2D eigenvalue weighted by Crippen LogP contribution is 2.28. The van der Waals surface area contributed by atoms with Crippen LogP contribution in [0.2, 0.25) is 0 Å². The number of nitrogens with one attached hydrogen (secondary N) is 1. The molecule has 126 valence electrons. The Labute approximate surface area is 134 Å². The van der Waals surface area contributed by atoms with E-state index in [1.54, 1.807) is 18.2 Å². The third kappa shape index (κ3) is 3.84. The summed E-state index contributed by atoms with van der Waals surface area (Å²) in [5.41, 5.74) is -1.48. The van der Waals surface area contributed by atoms with E-state index < -0.39 is 15.6 Å². The van der Waals surface area contributed by atoms with Gasteiger partial charge in [0, 0.05) is 12.6 Å². The molecule has 1 aromatic carbocycles. The SMILES string of the molecule is COc1ccc(OC)c(S(=O)(=O)NCC(C)(O)c2ccco2)c1. The van der Waals surface area contributed by atoms with Crippen molar-refractivity contribution in [2.45, 2.75) is 17.4 Å². The number of sulfonamides is 1. The van der Waals surface area contributed by atoms with Gasteiger partial charge in [0.15, 0.2) is 0 Å². The van der Waals surface area contributed by atoms with Crippen LogP contribution in [0.5, 0.6) is 11.5 Å². The van der Waals surface area contributed by atoms with E-state index in [0.717, 1.165) is 0 Å². The van der Waals surface area contributed by atoms with Gasteiger partial charge in [-0.3, -0.25) is 0 Å². The van der Waals surface area contributed by atoms with E-state index in [0.29, 0.717) is 5.75 Å². The van der Waals surface area contributed by atoms with Crippen LogP contribution in [0.3, 0.4) is 0 Å². The molecule has 8 heteroatoms. The van der Waals surface area contributed by atoms with Gasteiger partial charge in [-0.25, -0.2) is 13.1 Å². The van der Waals surface area contributed by atoms with Crippen LogP contribution in [0.15, 0.2) is 45.9 Å². The predicted octanol–water partition coefficient (Wildman–Crippen LogP) is 1.48. The molecule has 1 unspecified atom stereocenters. The zero-order chi connectivity index (χ0) is 17.1. The molecule has 0 amide bonds. The Bertz CT molecular complexity index is 752. The largest absolute Gasteiger partial charge is 0.497 e. The number of ether oxygens (including phenoxy) is 2. The van der Waals surface area contributed by atoms with Crippen molar-refractivity contribution in [1.82, 2.24) is 4.72 Å². The van der Waals surface area contributed by atoms with Crippen molar-refractivity contribution in [1.29, 1.82) is 0 Å². The maximum Gasteiger partial charge on any atom is 0.244 e. The van der Waals surface area contributed by atoms with E-state index in [9.17, 15) is 13.5 Å². The second-order valence-electron chi connectivity index (χ2n) is 5.09. The quantitative estimate of drug-likeness (QED) is 0.792. The third-order valence-electron chi connectivity index (χ3n) is 3.32. The molecule has 0 saturated heterocycles. The second kappa shape index (κ2) is 6.61. The molecular formula is C15H19NO6S. The average Bonchev–Trinajstić information content (AvgIpc) is 3.08. The Balaban J connectivity index is 2.25. The topological polar surface area (TPSA) is 98.0 Å². The summed E-state index contributed by atoms with van der Waals surface area (Å²) in [6, 6.07) is 7.63. The molecule has 0 fully saturated rings. The maximum absolute atomic E-state index is 12.5. The van der Waals surface area contributed by atoms with Crippen molar-refractivity contribution < 1.29 is 27.4 Å². The molecule has 2 aromatic rings. The smallest absolute Gasteiger partial charge is 0.244 e. The Morgan fingerprint density at radius 2 is 2.00 bits per heavy atom. The molecule has 2 rings (SSSR count). The van der Waals surface area contributed by atoms with E-state index >= 15 is 0 Å². The van der Waals surface area contributed by atoms with E-state index in [1.807, 2.05) is 0 Å². The molecule has 23 heavy (non-hydrogen) atoms. The van der Waals surface area contributed by atoms with Crippen LogP contribution in [0.25, 0.3) is 0 Å². The van der Waals surface area contributed by atoms with E-state index in [2.05, 4.69) is 4.72 Å². The normalized spacial score (nSPS) is 14.3. The molecule has 1 aromatic heterocycles. The molecule has 0 aliphatic rings. The summed E-state index contributed by atoms with van der Waals surface area (Å²) < 4.78 is 42.6. The number of benzene rings is 1. The zero-order valence-corrected chi connectivity index (χ0v) is 13.9. The molecule has 0 bridgehead atoms. The number of aliphatic hydroxyl groups is 1. The lowest BCUT2D eigenvalue weighted by Gasteiger charge is -2.21. The summed E-state index contributed by atoms with van der Waals surface area (Å²) >= 11 is 0.